The molecule has 0 aromatic rings. The molecule has 1 saturated heterocycles. The second kappa shape index (κ2) is 11.9. The molecule has 0 radical (unpaired) electrons. The van der Waals surface area contributed by atoms with Crippen LogP contribution in [0.15, 0.2) is 4.99 Å². The van der Waals surface area contributed by atoms with Gasteiger partial charge in [-0.15, -0.1) is 24.0 Å². The molecule has 1 aliphatic carbocycles. The molecule has 2 fully saturated rings. The van der Waals surface area contributed by atoms with Gasteiger partial charge in [-0.1, -0.05) is 19.3 Å². The summed E-state index contributed by atoms with van der Waals surface area (Å²) >= 11 is 0. The van der Waals surface area contributed by atoms with Crippen molar-refractivity contribution in [3.63, 3.8) is 0 Å². The van der Waals surface area contributed by atoms with E-state index in [-0.39, 0.29) is 24.0 Å². The van der Waals surface area contributed by atoms with Crippen LogP contribution >= 0.6 is 24.0 Å². The Kier molecular flexibility index (Phi) is 11.0. The van der Waals surface area contributed by atoms with E-state index in [4.69, 9.17) is 0 Å². The SMILES string of the molecule is CN=C(NCC(C)(C)NS(C)(=O)=O)NC1CCN(CC2CCCCC2)CC1.I. The van der Waals surface area contributed by atoms with Crippen LogP contribution in [0.3, 0.4) is 0 Å². The maximum atomic E-state index is 11.5. The average Bonchev–Trinajstić information content (AvgIpc) is 2.59. The Morgan fingerprint density at radius 2 is 1.71 bits per heavy atom. The van der Waals surface area contributed by atoms with E-state index in [0.717, 1.165) is 37.8 Å². The van der Waals surface area contributed by atoms with Gasteiger partial charge < -0.3 is 15.5 Å². The van der Waals surface area contributed by atoms with Crippen molar-refractivity contribution in [2.75, 3.05) is 39.5 Å². The molecule has 1 saturated carbocycles. The van der Waals surface area contributed by atoms with Crippen LogP contribution in [0.25, 0.3) is 0 Å². The zero-order valence-electron chi connectivity index (χ0n) is 18.0. The Labute approximate surface area is 189 Å². The molecule has 0 atom stereocenters. The molecule has 0 amide bonds. The van der Waals surface area contributed by atoms with Crippen molar-refractivity contribution in [2.45, 2.75) is 70.4 Å². The molecule has 0 bridgehead atoms. The summed E-state index contributed by atoms with van der Waals surface area (Å²) in [7, 11) is -1.48. The summed E-state index contributed by atoms with van der Waals surface area (Å²) < 4.78 is 25.6. The Morgan fingerprint density at radius 1 is 1.11 bits per heavy atom. The highest BCUT2D eigenvalue weighted by atomic mass is 127. The van der Waals surface area contributed by atoms with Crippen molar-refractivity contribution in [2.24, 2.45) is 10.9 Å². The lowest BCUT2D eigenvalue weighted by molar-refractivity contribution is 0.160. The van der Waals surface area contributed by atoms with Gasteiger partial charge in [-0.2, -0.15) is 0 Å². The number of likely N-dealkylation sites (tertiary alicyclic amines) is 1. The first-order valence-electron chi connectivity index (χ1n) is 10.4. The Morgan fingerprint density at radius 3 is 2.25 bits per heavy atom. The van der Waals surface area contributed by atoms with E-state index in [9.17, 15) is 8.42 Å². The third-order valence-electron chi connectivity index (χ3n) is 5.55. The highest BCUT2D eigenvalue weighted by Crippen LogP contribution is 2.25. The first-order chi connectivity index (χ1) is 12.7. The van der Waals surface area contributed by atoms with Gasteiger partial charge in [-0.3, -0.25) is 4.99 Å². The fourth-order valence-electron chi connectivity index (χ4n) is 4.23. The number of piperidine rings is 1. The van der Waals surface area contributed by atoms with Gasteiger partial charge >= 0.3 is 0 Å². The third-order valence-corrected chi connectivity index (χ3v) is 6.48. The highest BCUT2D eigenvalue weighted by molar-refractivity contribution is 14.0. The highest BCUT2D eigenvalue weighted by Gasteiger charge is 2.25. The number of hydrogen-bond donors (Lipinski definition) is 3. The van der Waals surface area contributed by atoms with Crippen molar-refractivity contribution in [1.82, 2.24) is 20.3 Å². The standard InChI is InChI=1S/C19H39N5O2S.HI/c1-19(2,23-27(4,25)26)15-21-18(20-3)22-17-10-12-24(13-11-17)14-16-8-6-5-7-9-16;/h16-17,23H,5-15H2,1-4H3,(H2,20,21,22);1H. The van der Waals surface area contributed by atoms with Crippen molar-refractivity contribution >= 4 is 40.0 Å². The number of nitrogens with zero attached hydrogens (tertiary/aromatic N) is 2. The van der Waals surface area contributed by atoms with E-state index in [0.29, 0.717) is 12.6 Å². The second-order valence-corrected chi connectivity index (χ2v) is 10.7. The molecular formula is C19H40IN5O2S. The fourth-order valence-corrected chi connectivity index (χ4v) is 5.30. The van der Waals surface area contributed by atoms with Crippen LogP contribution in [0.1, 0.15) is 58.8 Å². The Balaban J connectivity index is 0.00000392. The minimum atomic E-state index is -3.24. The summed E-state index contributed by atoms with van der Waals surface area (Å²) in [6, 6.07) is 0.421. The molecule has 28 heavy (non-hydrogen) atoms. The molecule has 9 heteroatoms. The molecule has 7 nitrogen and oxygen atoms in total. The van der Waals surface area contributed by atoms with E-state index in [1.165, 1.54) is 44.9 Å². The quantitative estimate of drug-likeness (QED) is 0.267. The molecule has 0 spiro atoms. The summed E-state index contributed by atoms with van der Waals surface area (Å²) in [5.41, 5.74) is -0.575. The molecule has 2 rings (SSSR count). The lowest BCUT2D eigenvalue weighted by Crippen LogP contribution is -2.55. The van der Waals surface area contributed by atoms with Gasteiger partial charge in [0.1, 0.15) is 0 Å². The molecule has 166 valence electrons. The first kappa shape index (κ1) is 25.9. The van der Waals surface area contributed by atoms with Gasteiger partial charge in [-0.05, 0) is 45.4 Å². The summed E-state index contributed by atoms with van der Waals surface area (Å²) in [6.45, 7) is 7.75. The summed E-state index contributed by atoms with van der Waals surface area (Å²) in [5.74, 6) is 1.64. The minimum Gasteiger partial charge on any atom is -0.355 e. The van der Waals surface area contributed by atoms with Gasteiger partial charge in [0, 0.05) is 44.8 Å². The average molecular weight is 530 g/mol. The van der Waals surface area contributed by atoms with Gasteiger partial charge in [0.15, 0.2) is 5.96 Å². The molecule has 0 aromatic heterocycles. The number of rotatable bonds is 7. The first-order valence-corrected chi connectivity index (χ1v) is 12.2. The van der Waals surface area contributed by atoms with Crippen LogP contribution in [0.4, 0.5) is 0 Å². The molecule has 0 aromatic carbocycles. The normalized spacial score (nSPS) is 21.2. The molecule has 1 heterocycles. The number of halogens is 1. The van der Waals surface area contributed by atoms with E-state index in [2.05, 4.69) is 25.2 Å². The predicted molar refractivity (Wildman–Crippen MR) is 128 cm³/mol. The lowest BCUT2D eigenvalue weighted by atomic mass is 9.88. The molecular weight excluding hydrogens is 489 g/mol. The van der Waals surface area contributed by atoms with Crippen LogP contribution < -0.4 is 15.4 Å². The maximum Gasteiger partial charge on any atom is 0.209 e. The zero-order chi connectivity index (χ0) is 19.9. The molecule has 2 aliphatic rings. The minimum absolute atomic E-state index is 0. The second-order valence-electron chi connectivity index (χ2n) is 8.91. The monoisotopic (exact) mass is 529 g/mol. The number of sulfonamides is 1. The van der Waals surface area contributed by atoms with Gasteiger partial charge in [0.05, 0.1) is 6.26 Å². The van der Waals surface area contributed by atoms with E-state index in [1.807, 2.05) is 13.8 Å². The number of nitrogens with one attached hydrogen (secondary N) is 3. The smallest absolute Gasteiger partial charge is 0.209 e. The molecule has 3 N–H and O–H groups in total. The van der Waals surface area contributed by atoms with Crippen molar-refractivity contribution in [3.8, 4) is 0 Å². The lowest BCUT2D eigenvalue weighted by Gasteiger charge is -2.36. The van der Waals surface area contributed by atoms with Crippen molar-refractivity contribution in [1.29, 1.82) is 0 Å². The zero-order valence-corrected chi connectivity index (χ0v) is 21.1. The molecule has 1 aliphatic heterocycles. The van der Waals surface area contributed by atoms with Crippen LogP contribution in [-0.2, 0) is 10.0 Å². The van der Waals surface area contributed by atoms with E-state index in [1.54, 1.807) is 7.05 Å². The number of hydrogen-bond acceptors (Lipinski definition) is 4. The van der Waals surface area contributed by atoms with Crippen molar-refractivity contribution < 1.29 is 8.42 Å². The van der Waals surface area contributed by atoms with Crippen LogP contribution in [-0.4, -0.2) is 70.3 Å². The Hall–Kier alpha value is -0.130. The summed E-state index contributed by atoms with van der Waals surface area (Å²) in [4.78, 5) is 6.93. The van der Waals surface area contributed by atoms with Crippen LogP contribution in [0.2, 0.25) is 0 Å². The fraction of sp³-hybridized carbons (Fsp3) is 0.947. The predicted octanol–water partition coefficient (Wildman–Crippen LogP) is 2.14. The van der Waals surface area contributed by atoms with Gasteiger partial charge in [0.2, 0.25) is 10.0 Å². The topological polar surface area (TPSA) is 85.8 Å². The number of guanidine groups is 1. The van der Waals surface area contributed by atoms with Crippen LogP contribution in [0.5, 0.6) is 0 Å². The van der Waals surface area contributed by atoms with E-state index < -0.39 is 15.6 Å². The Bertz CT molecular complexity index is 583. The van der Waals surface area contributed by atoms with E-state index >= 15 is 0 Å². The summed E-state index contributed by atoms with van der Waals surface area (Å²) in [6.07, 6.45) is 10.5. The van der Waals surface area contributed by atoms with Crippen molar-refractivity contribution in [3.05, 3.63) is 0 Å². The maximum absolute atomic E-state index is 11.5. The van der Waals surface area contributed by atoms with Gasteiger partial charge in [0.25, 0.3) is 0 Å². The number of aliphatic imine (C=N–C) groups is 1. The largest absolute Gasteiger partial charge is 0.355 e. The summed E-state index contributed by atoms with van der Waals surface area (Å²) in [5, 5.41) is 6.76. The van der Waals surface area contributed by atoms with Crippen LogP contribution in [0, 0.1) is 5.92 Å². The molecule has 0 unspecified atom stereocenters. The third kappa shape index (κ3) is 10.1. The van der Waals surface area contributed by atoms with Gasteiger partial charge in [-0.25, -0.2) is 13.1 Å².